The molecule has 1 N–H and O–H groups in total. The smallest absolute Gasteiger partial charge is 0.292 e. The van der Waals surface area contributed by atoms with Crippen molar-refractivity contribution >= 4 is 28.1 Å². The predicted molar refractivity (Wildman–Crippen MR) is 79.7 cm³/mol. The highest BCUT2D eigenvalue weighted by Gasteiger charge is 2.41. The molecule has 1 heterocycles. The van der Waals surface area contributed by atoms with E-state index in [0.29, 0.717) is 32.2 Å². The third-order valence-electron chi connectivity index (χ3n) is 3.88. The summed E-state index contributed by atoms with van der Waals surface area (Å²) in [6.45, 7) is 5.50. The fourth-order valence-corrected chi connectivity index (χ4v) is 2.75. The number of sulfonamides is 1. The van der Waals surface area contributed by atoms with Gasteiger partial charge in [0, 0.05) is 12.0 Å². The standard InChI is InChI=1S/C13H23N3O5S/c1-5-13(2,3)11(18)12(19)15-8-6-7-10(15)16(9-17)14-22(4,20)21/h9-10,14H,5-8H2,1-4H3. The number of Topliss-reactive ketones (excluding diaryl/α,β-unsaturated/α-hetero) is 1. The number of hydrogen-bond acceptors (Lipinski definition) is 5. The van der Waals surface area contributed by atoms with E-state index < -0.39 is 33.3 Å². The summed E-state index contributed by atoms with van der Waals surface area (Å²) in [7, 11) is -3.65. The van der Waals surface area contributed by atoms with E-state index in [1.807, 2.05) is 6.92 Å². The number of amides is 2. The zero-order valence-electron chi connectivity index (χ0n) is 13.3. The number of carbonyl (C=O) groups is 3. The van der Waals surface area contributed by atoms with Gasteiger partial charge in [0.25, 0.3) is 5.91 Å². The molecule has 126 valence electrons. The second-order valence-electron chi connectivity index (χ2n) is 6.06. The normalized spacial score (nSPS) is 19.1. The van der Waals surface area contributed by atoms with Crippen molar-refractivity contribution in [3.63, 3.8) is 0 Å². The number of rotatable bonds is 7. The van der Waals surface area contributed by atoms with Crippen molar-refractivity contribution in [2.75, 3.05) is 12.8 Å². The summed E-state index contributed by atoms with van der Waals surface area (Å²) in [5.74, 6) is -1.22. The molecular weight excluding hydrogens is 310 g/mol. The van der Waals surface area contributed by atoms with Crippen molar-refractivity contribution in [2.24, 2.45) is 5.41 Å². The summed E-state index contributed by atoms with van der Waals surface area (Å²) in [5, 5.41) is 0.826. The second-order valence-corrected chi connectivity index (χ2v) is 7.79. The molecule has 0 radical (unpaired) electrons. The first-order valence-corrected chi connectivity index (χ1v) is 8.99. The average Bonchev–Trinajstić information content (AvgIpc) is 2.91. The Hall–Kier alpha value is -1.48. The van der Waals surface area contributed by atoms with E-state index >= 15 is 0 Å². The Morgan fingerprint density at radius 3 is 2.45 bits per heavy atom. The molecule has 1 aliphatic rings. The van der Waals surface area contributed by atoms with E-state index in [9.17, 15) is 22.8 Å². The Bertz CT molecular complexity index is 558. The molecule has 0 spiro atoms. The van der Waals surface area contributed by atoms with Gasteiger partial charge in [-0.2, -0.15) is 0 Å². The summed E-state index contributed by atoms with van der Waals surface area (Å²) in [5.41, 5.74) is -0.791. The lowest BCUT2D eigenvalue weighted by molar-refractivity contribution is -0.153. The lowest BCUT2D eigenvalue weighted by Crippen LogP contribution is -2.56. The van der Waals surface area contributed by atoms with Gasteiger partial charge in [-0.1, -0.05) is 20.8 Å². The van der Waals surface area contributed by atoms with E-state index in [2.05, 4.69) is 4.83 Å². The maximum atomic E-state index is 12.4. The minimum atomic E-state index is -3.65. The van der Waals surface area contributed by atoms with Crippen molar-refractivity contribution in [3.8, 4) is 0 Å². The van der Waals surface area contributed by atoms with Gasteiger partial charge in [-0.15, -0.1) is 4.83 Å². The van der Waals surface area contributed by atoms with Crippen LogP contribution in [0.4, 0.5) is 0 Å². The van der Waals surface area contributed by atoms with Gasteiger partial charge in [-0.3, -0.25) is 14.4 Å². The summed E-state index contributed by atoms with van der Waals surface area (Å²) in [6, 6.07) is 0. The van der Waals surface area contributed by atoms with Crippen molar-refractivity contribution in [1.82, 2.24) is 14.7 Å². The average molecular weight is 333 g/mol. The first-order valence-electron chi connectivity index (χ1n) is 7.10. The van der Waals surface area contributed by atoms with Gasteiger partial charge in [0.2, 0.25) is 22.2 Å². The molecule has 22 heavy (non-hydrogen) atoms. The van der Waals surface area contributed by atoms with E-state index in [4.69, 9.17) is 0 Å². The van der Waals surface area contributed by atoms with Gasteiger partial charge >= 0.3 is 0 Å². The van der Waals surface area contributed by atoms with Crippen molar-refractivity contribution < 1.29 is 22.8 Å². The monoisotopic (exact) mass is 333 g/mol. The highest BCUT2D eigenvalue weighted by Crippen LogP contribution is 2.26. The Morgan fingerprint density at radius 2 is 2.00 bits per heavy atom. The van der Waals surface area contributed by atoms with Crippen LogP contribution in [-0.4, -0.2) is 55.4 Å². The third kappa shape index (κ3) is 4.26. The molecule has 2 amide bonds. The first kappa shape index (κ1) is 18.6. The van der Waals surface area contributed by atoms with E-state index in [1.54, 1.807) is 13.8 Å². The summed E-state index contributed by atoms with van der Waals surface area (Å²) < 4.78 is 22.6. The molecule has 0 bridgehead atoms. The molecule has 1 unspecified atom stereocenters. The Morgan fingerprint density at radius 1 is 1.41 bits per heavy atom. The first-order chi connectivity index (χ1) is 10.0. The van der Waals surface area contributed by atoms with Crippen LogP contribution in [0.3, 0.4) is 0 Å². The highest BCUT2D eigenvalue weighted by molar-refractivity contribution is 7.88. The van der Waals surface area contributed by atoms with Gasteiger partial charge in [0.1, 0.15) is 6.17 Å². The summed E-state index contributed by atoms with van der Waals surface area (Å²) in [6.07, 6.45) is 1.95. The molecular formula is C13H23N3O5S. The minimum Gasteiger partial charge on any atom is -0.314 e. The Balaban J connectivity index is 2.96. The molecule has 1 rings (SSSR count). The zero-order valence-corrected chi connectivity index (χ0v) is 14.1. The molecule has 1 aliphatic heterocycles. The molecule has 1 atom stereocenters. The van der Waals surface area contributed by atoms with E-state index in [0.717, 1.165) is 11.3 Å². The fraction of sp³-hybridized carbons (Fsp3) is 0.769. The number of hydrogen-bond donors (Lipinski definition) is 1. The maximum Gasteiger partial charge on any atom is 0.292 e. The molecule has 8 nitrogen and oxygen atoms in total. The third-order valence-corrected chi connectivity index (χ3v) is 4.42. The fourth-order valence-electron chi connectivity index (χ4n) is 2.20. The van der Waals surface area contributed by atoms with Crippen molar-refractivity contribution in [1.29, 1.82) is 0 Å². The van der Waals surface area contributed by atoms with Crippen LogP contribution in [-0.2, 0) is 24.4 Å². The molecule has 0 aliphatic carbocycles. The molecule has 0 aromatic rings. The summed E-state index contributed by atoms with van der Waals surface area (Å²) in [4.78, 5) is 39.1. The number of hydrazine groups is 1. The quantitative estimate of drug-likeness (QED) is 0.397. The van der Waals surface area contributed by atoms with Crippen molar-refractivity contribution in [3.05, 3.63) is 0 Å². The van der Waals surface area contributed by atoms with Gasteiger partial charge in [0.15, 0.2) is 0 Å². The van der Waals surface area contributed by atoms with Gasteiger partial charge in [-0.05, 0) is 19.3 Å². The van der Waals surface area contributed by atoms with Crippen LogP contribution in [0.2, 0.25) is 0 Å². The minimum absolute atomic E-state index is 0.310. The van der Waals surface area contributed by atoms with Crippen LogP contribution in [0, 0.1) is 5.41 Å². The molecule has 0 saturated carbocycles. The molecule has 9 heteroatoms. The highest BCUT2D eigenvalue weighted by atomic mass is 32.2. The number of ketones is 1. The molecule has 0 aromatic heterocycles. The van der Waals surface area contributed by atoms with Crippen LogP contribution in [0.15, 0.2) is 0 Å². The predicted octanol–water partition coefficient (Wildman–Crippen LogP) is -0.137. The molecule has 0 aromatic carbocycles. The molecule has 1 fully saturated rings. The maximum absolute atomic E-state index is 12.4. The molecule has 1 saturated heterocycles. The van der Waals surface area contributed by atoms with E-state index in [1.165, 1.54) is 4.90 Å². The zero-order chi connectivity index (χ0) is 17.1. The van der Waals surface area contributed by atoms with Gasteiger partial charge in [-0.25, -0.2) is 13.4 Å². The van der Waals surface area contributed by atoms with Crippen molar-refractivity contribution in [2.45, 2.75) is 46.2 Å². The Kier molecular flexibility index (Phi) is 5.69. The van der Waals surface area contributed by atoms with Crippen LogP contribution >= 0.6 is 0 Å². The number of carbonyl (C=O) groups excluding carboxylic acids is 3. The van der Waals surface area contributed by atoms with Gasteiger partial charge < -0.3 is 4.90 Å². The number of likely N-dealkylation sites (tertiary alicyclic amines) is 1. The lowest BCUT2D eigenvalue weighted by Gasteiger charge is -2.33. The Labute approximate surface area is 130 Å². The largest absolute Gasteiger partial charge is 0.314 e. The van der Waals surface area contributed by atoms with Crippen LogP contribution in [0.5, 0.6) is 0 Å². The topological polar surface area (TPSA) is 104 Å². The number of nitrogens with zero attached hydrogens (tertiary/aromatic N) is 2. The van der Waals surface area contributed by atoms with Crippen LogP contribution in [0.1, 0.15) is 40.0 Å². The van der Waals surface area contributed by atoms with E-state index in [-0.39, 0.29) is 0 Å². The SMILES string of the molecule is CCC(C)(C)C(=O)C(=O)N1CCCC1N(C=O)NS(C)(=O)=O. The summed E-state index contributed by atoms with van der Waals surface area (Å²) >= 11 is 0. The van der Waals surface area contributed by atoms with Gasteiger partial charge in [0.05, 0.1) is 6.26 Å². The van der Waals surface area contributed by atoms with Crippen LogP contribution in [0.25, 0.3) is 0 Å². The lowest BCUT2D eigenvalue weighted by atomic mass is 9.84. The number of nitrogens with one attached hydrogen (secondary N) is 1. The van der Waals surface area contributed by atoms with Crippen LogP contribution < -0.4 is 4.83 Å². The second kappa shape index (κ2) is 6.74.